The molecule has 90 valence electrons. The molecule has 0 fully saturated rings. The van der Waals surface area contributed by atoms with Crippen molar-refractivity contribution in [3.8, 4) is 0 Å². The molecule has 0 spiro atoms. The van der Waals surface area contributed by atoms with Crippen molar-refractivity contribution in [2.24, 2.45) is 0 Å². The van der Waals surface area contributed by atoms with Crippen LogP contribution in [0.25, 0.3) is 0 Å². The number of nitrogens with zero attached hydrogens (tertiary/aromatic N) is 1. The summed E-state index contributed by atoms with van der Waals surface area (Å²) in [4.78, 5) is 2.18. The molecule has 0 saturated heterocycles. The summed E-state index contributed by atoms with van der Waals surface area (Å²) in [5, 5.41) is 3.13. The lowest BCUT2D eigenvalue weighted by Gasteiger charge is -2.24. The second kappa shape index (κ2) is 6.61. The number of benzene rings is 1. The zero-order valence-electron chi connectivity index (χ0n) is 10.3. The van der Waals surface area contributed by atoms with Gasteiger partial charge in [0.25, 0.3) is 0 Å². The summed E-state index contributed by atoms with van der Waals surface area (Å²) in [7, 11) is 3.98. The lowest BCUT2D eigenvalue weighted by atomic mass is 10.1. The minimum atomic E-state index is -0.116. The largest absolute Gasteiger partial charge is 0.320 e. The summed E-state index contributed by atoms with van der Waals surface area (Å²) in [5.41, 5.74) is 0.765. The molecule has 1 aromatic rings. The standard InChI is InChI=1S/C13H21FN2/c1-11(8-9-15-2)16(3)10-12-6-4-5-7-13(12)14/h4-7,11,15H,8-10H2,1-3H3. The van der Waals surface area contributed by atoms with Crippen LogP contribution in [0.3, 0.4) is 0 Å². The molecule has 0 aliphatic heterocycles. The van der Waals surface area contributed by atoms with E-state index in [1.165, 1.54) is 6.07 Å². The first-order valence-electron chi connectivity index (χ1n) is 5.73. The molecule has 0 aliphatic carbocycles. The van der Waals surface area contributed by atoms with E-state index in [1.54, 1.807) is 6.07 Å². The maximum absolute atomic E-state index is 13.4. The second-order valence-corrected chi connectivity index (χ2v) is 4.25. The molecule has 1 aromatic carbocycles. The van der Waals surface area contributed by atoms with Gasteiger partial charge in [0, 0.05) is 18.2 Å². The third-order valence-corrected chi connectivity index (χ3v) is 2.94. The van der Waals surface area contributed by atoms with Crippen LogP contribution >= 0.6 is 0 Å². The Balaban J connectivity index is 2.50. The average Bonchev–Trinajstić information content (AvgIpc) is 2.28. The van der Waals surface area contributed by atoms with Crippen molar-refractivity contribution in [3.63, 3.8) is 0 Å². The maximum Gasteiger partial charge on any atom is 0.127 e. The van der Waals surface area contributed by atoms with Crippen LogP contribution < -0.4 is 5.32 Å². The molecule has 16 heavy (non-hydrogen) atoms. The Labute approximate surface area is 97.5 Å². The lowest BCUT2D eigenvalue weighted by molar-refractivity contribution is 0.235. The van der Waals surface area contributed by atoms with Gasteiger partial charge in [-0.15, -0.1) is 0 Å². The van der Waals surface area contributed by atoms with E-state index < -0.39 is 0 Å². The second-order valence-electron chi connectivity index (χ2n) is 4.25. The number of hydrogen-bond acceptors (Lipinski definition) is 2. The molecule has 0 saturated carbocycles. The van der Waals surface area contributed by atoms with Gasteiger partial charge < -0.3 is 5.32 Å². The van der Waals surface area contributed by atoms with Crippen molar-refractivity contribution < 1.29 is 4.39 Å². The molecule has 1 rings (SSSR count). The van der Waals surface area contributed by atoms with Gasteiger partial charge in [0.05, 0.1) is 0 Å². The van der Waals surface area contributed by atoms with Crippen molar-refractivity contribution in [2.45, 2.75) is 25.9 Å². The predicted octanol–water partition coefficient (Wildman–Crippen LogP) is 2.26. The molecule has 0 amide bonds. The van der Waals surface area contributed by atoms with Gasteiger partial charge in [0.15, 0.2) is 0 Å². The van der Waals surface area contributed by atoms with Crippen LogP contribution in [0.2, 0.25) is 0 Å². The topological polar surface area (TPSA) is 15.3 Å². The van der Waals surface area contributed by atoms with Gasteiger partial charge in [-0.25, -0.2) is 4.39 Å². The fraction of sp³-hybridized carbons (Fsp3) is 0.538. The first kappa shape index (κ1) is 13.1. The summed E-state index contributed by atoms with van der Waals surface area (Å²) in [6.07, 6.45) is 1.07. The monoisotopic (exact) mass is 224 g/mol. The summed E-state index contributed by atoms with van der Waals surface area (Å²) in [6, 6.07) is 7.42. The van der Waals surface area contributed by atoms with E-state index in [9.17, 15) is 4.39 Å². The van der Waals surface area contributed by atoms with Crippen molar-refractivity contribution >= 4 is 0 Å². The minimum absolute atomic E-state index is 0.116. The Morgan fingerprint density at radius 1 is 1.38 bits per heavy atom. The first-order chi connectivity index (χ1) is 7.65. The summed E-state index contributed by atoms with van der Waals surface area (Å²) >= 11 is 0. The van der Waals surface area contributed by atoms with Gasteiger partial charge in [0.1, 0.15) is 5.82 Å². The normalized spacial score (nSPS) is 13.1. The van der Waals surface area contributed by atoms with E-state index in [2.05, 4.69) is 17.1 Å². The van der Waals surface area contributed by atoms with Crippen LogP contribution in [0.1, 0.15) is 18.9 Å². The quantitative estimate of drug-likeness (QED) is 0.797. The molecule has 0 heterocycles. The molecule has 2 nitrogen and oxygen atoms in total. The zero-order valence-corrected chi connectivity index (χ0v) is 10.3. The molecule has 0 aliphatic rings. The van der Waals surface area contributed by atoms with Gasteiger partial charge in [-0.2, -0.15) is 0 Å². The van der Waals surface area contributed by atoms with E-state index in [1.807, 2.05) is 26.2 Å². The smallest absolute Gasteiger partial charge is 0.127 e. The van der Waals surface area contributed by atoms with Gasteiger partial charge in [-0.3, -0.25) is 4.90 Å². The molecule has 0 bridgehead atoms. The number of halogens is 1. The predicted molar refractivity (Wildman–Crippen MR) is 65.9 cm³/mol. The summed E-state index contributed by atoms with van der Waals surface area (Å²) in [5.74, 6) is -0.116. The van der Waals surface area contributed by atoms with Crippen LogP contribution in [-0.2, 0) is 6.54 Å². The van der Waals surface area contributed by atoms with Gasteiger partial charge in [-0.05, 0) is 40.1 Å². The van der Waals surface area contributed by atoms with Gasteiger partial charge >= 0.3 is 0 Å². The van der Waals surface area contributed by atoms with Crippen LogP contribution in [0.15, 0.2) is 24.3 Å². The Hall–Kier alpha value is -0.930. The third-order valence-electron chi connectivity index (χ3n) is 2.94. The van der Waals surface area contributed by atoms with Crippen LogP contribution in [0, 0.1) is 5.82 Å². The van der Waals surface area contributed by atoms with Crippen molar-refractivity contribution in [1.82, 2.24) is 10.2 Å². The fourth-order valence-electron chi connectivity index (χ4n) is 1.62. The molecule has 1 N–H and O–H groups in total. The lowest BCUT2D eigenvalue weighted by Crippen LogP contribution is -2.31. The average molecular weight is 224 g/mol. The SMILES string of the molecule is CNCCC(C)N(C)Cc1ccccc1F. The Bertz CT molecular complexity index is 315. The molecular formula is C13H21FN2. The van der Waals surface area contributed by atoms with Crippen molar-refractivity contribution in [3.05, 3.63) is 35.6 Å². The van der Waals surface area contributed by atoms with Crippen LogP contribution in [0.5, 0.6) is 0 Å². The molecule has 0 radical (unpaired) electrons. The molecule has 1 unspecified atom stereocenters. The van der Waals surface area contributed by atoms with E-state index in [-0.39, 0.29) is 5.82 Å². The molecule has 1 atom stereocenters. The summed E-state index contributed by atoms with van der Waals surface area (Å²) in [6.45, 7) is 3.82. The van der Waals surface area contributed by atoms with E-state index >= 15 is 0 Å². The van der Waals surface area contributed by atoms with Gasteiger partial charge in [0.2, 0.25) is 0 Å². The van der Waals surface area contributed by atoms with Crippen LogP contribution in [0.4, 0.5) is 4.39 Å². The molecule has 0 aromatic heterocycles. The Morgan fingerprint density at radius 3 is 2.69 bits per heavy atom. The maximum atomic E-state index is 13.4. The van der Waals surface area contributed by atoms with E-state index in [4.69, 9.17) is 0 Å². The highest BCUT2D eigenvalue weighted by molar-refractivity contribution is 5.17. The minimum Gasteiger partial charge on any atom is -0.320 e. The third kappa shape index (κ3) is 3.91. The number of nitrogens with one attached hydrogen (secondary N) is 1. The van der Waals surface area contributed by atoms with Crippen molar-refractivity contribution in [2.75, 3.05) is 20.6 Å². The molecule has 3 heteroatoms. The fourth-order valence-corrected chi connectivity index (χ4v) is 1.62. The molecular weight excluding hydrogens is 203 g/mol. The first-order valence-corrected chi connectivity index (χ1v) is 5.73. The van der Waals surface area contributed by atoms with E-state index in [0.717, 1.165) is 18.5 Å². The number of hydrogen-bond donors (Lipinski definition) is 1. The summed E-state index contributed by atoms with van der Waals surface area (Å²) < 4.78 is 13.4. The number of rotatable bonds is 6. The highest BCUT2D eigenvalue weighted by Gasteiger charge is 2.10. The van der Waals surface area contributed by atoms with Gasteiger partial charge in [-0.1, -0.05) is 18.2 Å². The van der Waals surface area contributed by atoms with Crippen molar-refractivity contribution in [1.29, 1.82) is 0 Å². The Kier molecular flexibility index (Phi) is 5.43. The van der Waals surface area contributed by atoms with E-state index in [0.29, 0.717) is 12.6 Å². The zero-order chi connectivity index (χ0) is 12.0. The Morgan fingerprint density at radius 2 is 2.06 bits per heavy atom. The van der Waals surface area contributed by atoms with Crippen LogP contribution in [-0.4, -0.2) is 31.6 Å². The highest BCUT2D eigenvalue weighted by atomic mass is 19.1. The highest BCUT2D eigenvalue weighted by Crippen LogP contribution is 2.11.